The summed E-state index contributed by atoms with van der Waals surface area (Å²) in [6.45, 7) is 1.67. The SMILES string of the molecule is Fc1cc(Br)ccc1C1OCCC1CNC1CC1. The van der Waals surface area contributed by atoms with Crippen LogP contribution in [0.25, 0.3) is 0 Å². The van der Waals surface area contributed by atoms with Crippen molar-refractivity contribution in [2.75, 3.05) is 13.2 Å². The van der Waals surface area contributed by atoms with Crippen molar-refractivity contribution >= 4 is 15.9 Å². The fourth-order valence-corrected chi connectivity index (χ4v) is 2.86. The summed E-state index contributed by atoms with van der Waals surface area (Å²) in [4.78, 5) is 0. The van der Waals surface area contributed by atoms with Crippen molar-refractivity contribution in [3.63, 3.8) is 0 Å². The second-order valence-electron chi connectivity index (χ2n) is 5.19. The van der Waals surface area contributed by atoms with E-state index in [0.717, 1.165) is 24.0 Å². The highest BCUT2D eigenvalue weighted by Crippen LogP contribution is 2.36. The van der Waals surface area contributed by atoms with Gasteiger partial charge in [0.05, 0.1) is 6.10 Å². The maximum Gasteiger partial charge on any atom is 0.130 e. The topological polar surface area (TPSA) is 21.3 Å². The minimum atomic E-state index is -0.173. The third-order valence-electron chi connectivity index (χ3n) is 3.73. The van der Waals surface area contributed by atoms with E-state index in [1.54, 1.807) is 0 Å². The Morgan fingerprint density at radius 2 is 2.17 bits per heavy atom. The Labute approximate surface area is 115 Å². The molecule has 1 aromatic rings. The van der Waals surface area contributed by atoms with Crippen LogP contribution < -0.4 is 5.32 Å². The van der Waals surface area contributed by atoms with Crippen molar-refractivity contribution in [3.05, 3.63) is 34.1 Å². The van der Waals surface area contributed by atoms with Crippen LogP contribution in [0.5, 0.6) is 0 Å². The molecule has 98 valence electrons. The van der Waals surface area contributed by atoms with Crippen LogP contribution in [0.1, 0.15) is 30.9 Å². The first kappa shape index (κ1) is 12.6. The first-order chi connectivity index (χ1) is 8.74. The van der Waals surface area contributed by atoms with Crippen LogP contribution in [-0.4, -0.2) is 19.2 Å². The summed E-state index contributed by atoms with van der Waals surface area (Å²) >= 11 is 3.28. The van der Waals surface area contributed by atoms with E-state index < -0.39 is 0 Å². The first-order valence-electron chi connectivity index (χ1n) is 6.54. The maximum atomic E-state index is 14.0. The quantitative estimate of drug-likeness (QED) is 0.919. The predicted octanol–water partition coefficient (Wildman–Crippen LogP) is 3.42. The van der Waals surface area contributed by atoms with Gasteiger partial charge in [0.1, 0.15) is 5.82 Å². The molecular formula is C14H17BrFNO. The van der Waals surface area contributed by atoms with Gasteiger partial charge >= 0.3 is 0 Å². The van der Waals surface area contributed by atoms with E-state index in [4.69, 9.17) is 4.74 Å². The molecule has 1 saturated heterocycles. The number of hydrogen-bond donors (Lipinski definition) is 1. The summed E-state index contributed by atoms with van der Waals surface area (Å²) in [5.74, 6) is 0.217. The summed E-state index contributed by atoms with van der Waals surface area (Å²) in [6.07, 6.45) is 3.49. The van der Waals surface area contributed by atoms with Crippen molar-refractivity contribution < 1.29 is 9.13 Å². The minimum absolute atomic E-state index is 0.0932. The third-order valence-corrected chi connectivity index (χ3v) is 4.22. The summed E-state index contributed by atoms with van der Waals surface area (Å²) < 4.78 is 20.5. The molecule has 2 aliphatic rings. The molecule has 0 bridgehead atoms. The van der Waals surface area contributed by atoms with Crippen LogP contribution in [0.15, 0.2) is 22.7 Å². The molecule has 1 aliphatic heterocycles. The van der Waals surface area contributed by atoms with Gasteiger partial charge in [-0.15, -0.1) is 0 Å². The number of rotatable bonds is 4. The van der Waals surface area contributed by atoms with Gasteiger partial charge in [0, 0.05) is 35.1 Å². The second-order valence-corrected chi connectivity index (χ2v) is 6.10. The lowest BCUT2D eigenvalue weighted by Crippen LogP contribution is -2.26. The zero-order valence-corrected chi connectivity index (χ0v) is 11.7. The molecule has 1 saturated carbocycles. The molecule has 1 heterocycles. The average molecular weight is 314 g/mol. The highest BCUT2D eigenvalue weighted by atomic mass is 79.9. The lowest BCUT2D eigenvalue weighted by molar-refractivity contribution is 0.0874. The van der Waals surface area contributed by atoms with E-state index >= 15 is 0 Å². The highest BCUT2D eigenvalue weighted by molar-refractivity contribution is 9.10. The van der Waals surface area contributed by atoms with E-state index in [0.29, 0.717) is 17.5 Å². The maximum absolute atomic E-state index is 14.0. The van der Waals surface area contributed by atoms with E-state index in [1.807, 2.05) is 12.1 Å². The third kappa shape index (κ3) is 2.76. The van der Waals surface area contributed by atoms with Crippen LogP contribution in [-0.2, 0) is 4.74 Å². The van der Waals surface area contributed by atoms with E-state index in [9.17, 15) is 4.39 Å². The standard InChI is InChI=1S/C14H17BrFNO/c15-10-1-4-12(13(16)7-10)14-9(5-6-18-14)8-17-11-2-3-11/h1,4,7,9,11,14,17H,2-3,5-6,8H2. The molecule has 3 rings (SSSR count). The smallest absolute Gasteiger partial charge is 0.130 e. The molecule has 4 heteroatoms. The van der Waals surface area contributed by atoms with E-state index in [2.05, 4.69) is 21.2 Å². The zero-order chi connectivity index (χ0) is 12.5. The molecular weight excluding hydrogens is 297 g/mol. The lowest BCUT2D eigenvalue weighted by Gasteiger charge is -2.20. The van der Waals surface area contributed by atoms with Gasteiger partial charge < -0.3 is 10.1 Å². The van der Waals surface area contributed by atoms with Gasteiger partial charge in [-0.3, -0.25) is 0 Å². The molecule has 2 fully saturated rings. The lowest BCUT2D eigenvalue weighted by atomic mass is 9.95. The Kier molecular flexibility index (Phi) is 3.68. The molecule has 2 unspecified atom stereocenters. The van der Waals surface area contributed by atoms with Gasteiger partial charge in [0.15, 0.2) is 0 Å². The second kappa shape index (κ2) is 5.27. The van der Waals surface area contributed by atoms with Crippen molar-refractivity contribution in [1.29, 1.82) is 0 Å². The van der Waals surface area contributed by atoms with Gasteiger partial charge in [-0.1, -0.05) is 22.0 Å². The average Bonchev–Trinajstić information content (AvgIpc) is 3.06. The van der Waals surface area contributed by atoms with Crippen LogP contribution >= 0.6 is 15.9 Å². The van der Waals surface area contributed by atoms with Crippen LogP contribution in [0.4, 0.5) is 4.39 Å². The Balaban J connectivity index is 1.72. The van der Waals surface area contributed by atoms with Gasteiger partial charge in [-0.05, 0) is 31.4 Å². The zero-order valence-electron chi connectivity index (χ0n) is 10.2. The Morgan fingerprint density at radius 1 is 1.33 bits per heavy atom. The summed E-state index contributed by atoms with van der Waals surface area (Å²) in [5.41, 5.74) is 0.693. The van der Waals surface area contributed by atoms with Crippen LogP contribution in [0, 0.1) is 11.7 Å². The summed E-state index contributed by atoms with van der Waals surface area (Å²) in [6, 6.07) is 5.92. The monoisotopic (exact) mass is 313 g/mol. The van der Waals surface area contributed by atoms with Crippen molar-refractivity contribution in [2.45, 2.75) is 31.4 Å². The van der Waals surface area contributed by atoms with Crippen molar-refractivity contribution in [3.8, 4) is 0 Å². The van der Waals surface area contributed by atoms with Crippen LogP contribution in [0.3, 0.4) is 0 Å². The molecule has 0 aromatic heterocycles. The predicted molar refractivity (Wildman–Crippen MR) is 71.9 cm³/mol. The van der Waals surface area contributed by atoms with Crippen LogP contribution in [0.2, 0.25) is 0 Å². The van der Waals surface area contributed by atoms with E-state index in [-0.39, 0.29) is 11.9 Å². The number of hydrogen-bond acceptors (Lipinski definition) is 2. The first-order valence-corrected chi connectivity index (χ1v) is 7.33. The number of ether oxygens (including phenoxy) is 1. The van der Waals surface area contributed by atoms with E-state index in [1.165, 1.54) is 18.9 Å². The number of halogens is 2. The van der Waals surface area contributed by atoms with Gasteiger partial charge in [0.2, 0.25) is 0 Å². The minimum Gasteiger partial charge on any atom is -0.373 e. The summed E-state index contributed by atoms with van der Waals surface area (Å²) in [5, 5.41) is 3.52. The largest absolute Gasteiger partial charge is 0.373 e. The highest BCUT2D eigenvalue weighted by Gasteiger charge is 2.32. The molecule has 2 nitrogen and oxygen atoms in total. The molecule has 0 amide bonds. The molecule has 18 heavy (non-hydrogen) atoms. The molecule has 1 N–H and O–H groups in total. The molecule has 0 radical (unpaired) electrons. The van der Waals surface area contributed by atoms with Crippen molar-refractivity contribution in [2.24, 2.45) is 5.92 Å². The number of nitrogens with one attached hydrogen (secondary N) is 1. The molecule has 0 spiro atoms. The number of benzene rings is 1. The Hall–Kier alpha value is -0.450. The van der Waals surface area contributed by atoms with Gasteiger partial charge in [0.25, 0.3) is 0 Å². The molecule has 1 aliphatic carbocycles. The summed E-state index contributed by atoms with van der Waals surface area (Å²) in [7, 11) is 0. The molecule has 1 aromatic carbocycles. The Bertz CT molecular complexity index is 436. The normalized spacial score (nSPS) is 27.7. The fourth-order valence-electron chi connectivity index (χ4n) is 2.52. The van der Waals surface area contributed by atoms with Gasteiger partial charge in [-0.25, -0.2) is 4.39 Å². The molecule has 2 atom stereocenters. The fraction of sp³-hybridized carbons (Fsp3) is 0.571. The van der Waals surface area contributed by atoms with Gasteiger partial charge in [-0.2, -0.15) is 0 Å². The van der Waals surface area contributed by atoms with Crippen molar-refractivity contribution in [1.82, 2.24) is 5.32 Å². The Morgan fingerprint density at radius 3 is 2.89 bits per heavy atom.